The van der Waals surface area contributed by atoms with Crippen molar-refractivity contribution in [3.05, 3.63) is 36.2 Å². The number of nitrogens with one attached hydrogen (secondary N) is 2. The SMILES string of the molecule is CCCOc1cccc(NCc2ccn[nH]2)c1N. The standard InChI is InChI=1S/C13H18N4O/c1-2-8-18-12-5-3-4-11(13(12)14)15-9-10-6-7-16-17-10/h3-7,15H,2,8-9,14H2,1H3,(H,16,17). The van der Waals surface area contributed by atoms with E-state index in [1.54, 1.807) is 6.20 Å². The average molecular weight is 246 g/mol. The molecule has 0 spiro atoms. The highest BCUT2D eigenvalue weighted by atomic mass is 16.5. The van der Waals surface area contributed by atoms with Crippen molar-refractivity contribution in [2.24, 2.45) is 0 Å². The van der Waals surface area contributed by atoms with Crippen LogP contribution in [-0.4, -0.2) is 16.8 Å². The highest BCUT2D eigenvalue weighted by Gasteiger charge is 2.05. The van der Waals surface area contributed by atoms with E-state index in [2.05, 4.69) is 22.4 Å². The van der Waals surface area contributed by atoms with Gasteiger partial charge in [0, 0.05) is 6.20 Å². The second-order valence-electron chi connectivity index (χ2n) is 4.00. The number of nitrogens with zero attached hydrogens (tertiary/aromatic N) is 1. The summed E-state index contributed by atoms with van der Waals surface area (Å²) in [5.41, 5.74) is 8.58. The summed E-state index contributed by atoms with van der Waals surface area (Å²) in [6.45, 7) is 3.40. The number of nitrogen functional groups attached to an aromatic ring is 1. The van der Waals surface area contributed by atoms with Gasteiger partial charge in [0.1, 0.15) is 5.75 Å². The third kappa shape index (κ3) is 2.94. The Balaban J connectivity index is 2.03. The van der Waals surface area contributed by atoms with E-state index in [-0.39, 0.29) is 0 Å². The Hall–Kier alpha value is -2.17. The van der Waals surface area contributed by atoms with Gasteiger partial charge < -0.3 is 15.8 Å². The molecule has 1 aromatic heterocycles. The lowest BCUT2D eigenvalue weighted by molar-refractivity contribution is 0.319. The number of aromatic nitrogens is 2. The molecular weight excluding hydrogens is 228 g/mol. The molecule has 0 aliphatic heterocycles. The van der Waals surface area contributed by atoms with Gasteiger partial charge in [0.15, 0.2) is 0 Å². The fourth-order valence-corrected chi connectivity index (χ4v) is 1.61. The van der Waals surface area contributed by atoms with Crippen LogP contribution in [0.15, 0.2) is 30.5 Å². The minimum Gasteiger partial charge on any atom is -0.491 e. The zero-order chi connectivity index (χ0) is 12.8. The topological polar surface area (TPSA) is 76.0 Å². The van der Waals surface area contributed by atoms with Crippen molar-refractivity contribution in [2.75, 3.05) is 17.7 Å². The molecule has 0 amide bonds. The van der Waals surface area contributed by atoms with Gasteiger partial charge in [-0.05, 0) is 24.6 Å². The molecule has 0 radical (unpaired) electrons. The predicted molar refractivity (Wildman–Crippen MR) is 72.6 cm³/mol. The normalized spacial score (nSPS) is 10.3. The number of anilines is 2. The third-order valence-electron chi connectivity index (χ3n) is 2.56. The van der Waals surface area contributed by atoms with Crippen LogP contribution in [0, 0.1) is 0 Å². The Kier molecular flexibility index (Phi) is 4.06. The first-order chi connectivity index (χ1) is 8.81. The summed E-state index contributed by atoms with van der Waals surface area (Å²) in [5, 5.41) is 10.0. The van der Waals surface area contributed by atoms with E-state index in [0.717, 1.165) is 23.6 Å². The molecule has 5 heteroatoms. The van der Waals surface area contributed by atoms with Crippen molar-refractivity contribution >= 4 is 11.4 Å². The molecule has 0 atom stereocenters. The first-order valence-corrected chi connectivity index (χ1v) is 6.04. The summed E-state index contributed by atoms with van der Waals surface area (Å²) in [7, 11) is 0. The molecule has 4 N–H and O–H groups in total. The average Bonchev–Trinajstić information content (AvgIpc) is 2.89. The first-order valence-electron chi connectivity index (χ1n) is 6.04. The number of ether oxygens (including phenoxy) is 1. The minimum atomic E-state index is 0.644. The van der Waals surface area contributed by atoms with Crippen molar-refractivity contribution in [1.82, 2.24) is 10.2 Å². The van der Waals surface area contributed by atoms with Gasteiger partial charge in [0.2, 0.25) is 0 Å². The van der Waals surface area contributed by atoms with Gasteiger partial charge in [-0.25, -0.2) is 0 Å². The van der Waals surface area contributed by atoms with Crippen molar-refractivity contribution < 1.29 is 4.74 Å². The van der Waals surface area contributed by atoms with Crippen molar-refractivity contribution in [1.29, 1.82) is 0 Å². The van der Waals surface area contributed by atoms with Crippen LogP contribution in [0.4, 0.5) is 11.4 Å². The number of aromatic amines is 1. The molecule has 5 nitrogen and oxygen atoms in total. The fraction of sp³-hybridized carbons (Fsp3) is 0.308. The van der Waals surface area contributed by atoms with Crippen molar-refractivity contribution in [3.63, 3.8) is 0 Å². The zero-order valence-corrected chi connectivity index (χ0v) is 10.4. The number of hydrogen-bond donors (Lipinski definition) is 3. The zero-order valence-electron chi connectivity index (χ0n) is 10.4. The maximum atomic E-state index is 6.05. The number of nitrogens with two attached hydrogens (primary N) is 1. The number of para-hydroxylation sites is 1. The number of rotatable bonds is 6. The monoisotopic (exact) mass is 246 g/mol. The summed E-state index contributed by atoms with van der Waals surface area (Å²) in [6, 6.07) is 7.66. The van der Waals surface area contributed by atoms with Crippen LogP contribution >= 0.6 is 0 Å². The van der Waals surface area contributed by atoms with E-state index in [9.17, 15) is 0 Å². The van der Waals surface area contributed by atoms with Gasteiger partial charge in [0.25, 0.3) is 0 Å². The lowest BCUT2D eigenvalue weighted by Gasteiger charge is -2.13. The smallest absolute Gasteiger partial charge is 0.144 e. The fourth-order valence-electron chi connectivity index (χ4n) is 1.61. The highest BCUT2D eigenvalue weighted by Crippen LogP contribution is 2.29. The number of hydrogen-bond acceptors (Lipinski definition) is 4. The maximum absolute atomic E-state index is 6.05. The second-order valence-corrected chi connectivity index (χ2v) is 4.00. The molecule has 0 saturated heterocycles. The summed E-state index contributed by atoms with van der Waals surface area (Å²) < 4.78 is 5.58. The quantitative estimate of drug-likeness (QED) is 0.684. The van der Waals surface area contributed by atoms with Crippen LogP contribution < -0.4 is 15.8 Å². The summed E-state index contributed by atoms with van der Waals surface area (Å²) >= 11 is 0. The van der Waals surface area contributed by atoms with Crippen molar-refractivity contribution in [2.45, 2.75) is 19.9 Å². The highest BCUT2D eigenvalue weighted by molar-refractivity contribution is 5.72. The van der Waals surface area contributed by atoms with Gasteiger partial charge in [-0.3, -0.25) is 5.10 Å². The predicted octanol–water partition coefficient (Wildman–Crippen LogP) is 2.39. The lowest BCUT2D eigenvalue weighted by Crippen LogP contribution is -2.05. The van der Waals surface area contributed by atoms with Gasteiger partial charge in [-0.1, -0.05) is 13.0 Å². The van der Waals surface area contributed by atoms with Gasteiger partial charge in [0.05, 0.1) is 30.2 Å². The second kappa shape index (κ2) is 5.95. The minimum absolute atomic E-state index is 0.644. The molecule has 1 aromatic carbocycles. The largest absolute Gasteiger partial charge is 0.491 e. The van der Waals surface area contributed by atoms with Crippen molar-refractivity contribution in [3.8, 4) is 5.75 Å². The number of H-pyrrole nitrogens is 1. The number of benzene rings is 1. The summed E-state index contributed by atoms with van der Waals surface area (Å²) in [6.07, 6.45) is 2.69. The Morgan fingerprint density at radius 3 is 3.00 bits per heavy atom. The molecule has 96 valence electrons. The summed E-state index contributed by atoms with van der Waals surface area (Å²) in [4.78, 5) is 0. The Morgan fingerprint density at radius 2 is 2.28 bits per heavy atom. The molecule has 0 aliphatic carbocycles. The molecule has 1 heterocycles. The van der Waals surface area contributed by atoms with Crippen LogP contribution in [0.3, 0.4) is 0 Å². The van der Waals surface area contributed by atoms with E-state index in [0.29, 0.717) is 18.8 Å². The molecule has 2 aromatic rings. The molecule has 0 bridgehead atoms. The van der Waals surface area contributed by atoms with Gasteiger partial charge in [-0.2, -0.15) is 5.10 Å². The van der Waals surface area contributed by atoms with Crippen LogP contribution in [0.1, 0.15) is 19.0 Å². The van der Waals surface area contributed by atoms with Gasteiger partial charge in [-0.15, -0.1) is 0 Å². The summed E-state index contributed by atoms with van der Waals surface area (Å²) in [5.74, 6) is 0.728. The van der Waals surface area contributed by atoms with Gasteiger partial charge >= 0.3 is 0 Å². The maximum Gasteiger partial charge on any atom is 0.144 e. The van der Waals surface area contributed by atoms with Crippen LogP contribution in [0.25, 0.3) is 0 Å². The third-order valence-corrected chi connectivity index (χ3v) is 2.56. The van der Waals surface area contributed by atoms with E-state index >= 15 is 0 Å². The van der Waals surface area contributed by atoms with E-state index in [1.165, 1.54) is 0 Å². The molecule has 2 rings (SSSR count). The first kappa shape index (κ1) is 12.3. The molecule has 0 saturated carbocycles. The van der Waals surface area contributed by atoms with E-state index in [4.69, 9.17) is 10.5 Å². The Morgan fingerprint density at radius 1 is 1.39 bits per heavy atom. The lowest BCUT2D eigenvalue weighted by atomic mass is 10.2. The van der Waals surface area contributed by atoms with Crippen LogP contribution in [-0.2, 0) is 6.54 Å². The van der Waals surface area contributed by atoms with Crippen LogP contribution in [0.2, 0.25) is 0 Å². The van der Waals surface area contributed by atoms with E-state index in [1.807, 2.05) is 24.3 Å². The molecule has 0 fully saturated rings. The Labute approximate surface area is 106 Å². The van der Waals surface area contributed by atoms with Crippen LogP contribution in [0.5, 0.6) is 5.75 Å². The molecule has 0 unspecified atom stereocenters. The van der Waals surface area contributed by atoms with E-state index < -0.39 is 0 Å². The molecule has 0 aliphatic rings. The molecule has 18 heavy (non-hydrogen) atoms. The Bertz CT molecular complexity index is 482. The molecular formula is C13H18N4O.